The molecule has 9 nitrogen and oxygen atoms in total. The van der Waals surface area contributed by atoms with E-state index < -0.39 is 6.03 Å². The van der Waals surface area contributed by atoms with Gasteiger partial charge in [-0.05, 0) is 49.6 Å². The summed E-state index contributed by atoms with van der Waals surface area (Å²) in [5, 5.41) is 14.6. The highest BCUT2D eigenvalue weighted by molar-refractivity contribution is 6.42. The molecule has 1 fully saturated rings. The molecule has 0 bridgehead atoms. The molecule has 3 aromatic rings. The molecule has 2 heterocycles. The largest absolute Gasteiger partial charge is 0.474 e. The van der Waals surface area contributed by atoms with Gasteiger partial charge >= 0.3 is 6.03 Å². The number of urea groups is 1. The minimum absolute atomic E-state index is 0. The summed E-state index contributed by atoms with van der Waals surface area (Å²) in [6, 6.07) is 12.5. The van der Waals surface area contributed by atoms with Crippen LogP contribution in [0.25, 0.3) is 5.69 Å². The summed E-state index contributed by atoms with van der Waals surface area (Å²) in [6.07, 6.45) is 1.36. The van der Waals surface area contributed by atoms with Crippen molar-refractivity contribution in [3.05, 3.63) is 63.6 Å². The average Bonchev–Trinajstić information content (AvgIpc) is 3.21. The van der Waals surface area contributed by atoms with E-state index in [9.17, 15) is 4.79 Å². The molecule has 2 aromatic carbocycles. The molecule has 1 saturated heterocycles. The molecule has 1 atom stereocenters. The zero-order chi connectivity index (χ0) is 26.2. The summed E-state index contributed by atoms with van der Waals surface area (Å²) in [4.78, 5) is 13.2. The number of rotatable bonds is 10. The second kappa shape index (κ2) is 16.1. The first-order valence-corrected chi connectivity index (χ1v) is 12.9. The van der Waals surface area contributed by atoms with Crippen LogP contribution in [-0.2, 0) is 15.9 Å². The SMILES string of the molecule is COCCCc1cc(Cl)c(Cl)cc1NC(=O)Nc1c(C)c(OC[C@@H]2CNCCO2)nn1-c1ccccc1.Cl.Cl. The third-order valence-corrected chi connectivity index (χ3v) is 6.63. The van der Waals surface area contributed by atoms with E-state index in [0.717, 1.165) is 24.2 Å². The van der Waals surface area contributed by atoms with Crippen LogP contribution in [0.2, 0.25) is 10.0 Å². The minimum atomic E-state index is -0.446. The quantitative estimate of drug-likeness (QED) is 0.243. The van der Waals surface area contributed by atoms with Gasteiger partial charge in [-0.2, -0.15) is 0 Å². The summed E-state index contributed by atoms with van der Waals surface area (Å²) in [7, 11) is 1.65. The van der Waals surface area contributed by atoms with E-state index in [1.165, 1.54) is 0 Å². The summed E-state index contributed by atoms with van der Waals surface area (Å²) in [5.74, 6) is 0.908. The number of carbonyl (C=O) groups excluding carboxylic acids is 1. The standard InChI is InChI=1S/C26H31Cl2N5O4.2ClH/c1-17-24(31-26(34)30-23-14-22(28)21(27)13-18(23)7-6-11-35-2)33(19-8-4-3-5-9-19)32-25(17)37-16-20-15-29-10-12-36-20;;/h3-5,8-9,13-14,20,29H,6-7,10-12,15-16H2,1-2H3,(H2,30,31,34);2*1H/t20-;;/m0../s1. The van der Waals surface area contributed by atoms with E-state index in [-0.39, 0.29) is 30.9 Å². The van der Waals surface area contributed by atoms with Gasteiger partial charge in [-0.1, -0.05) is 41.4 Å². The molecular weight excluding hydrogens is 588 g/mol. The van der Waals surface area contributed by atoms with Crippen molar-refractivity contribution in [2.75, 3.05) is 50.7 Å². The Morgan fingerprint density at radius 3 is 2.62 bits per heavy atom. The number of morpholine rings is 1. The van der Waals surface area contributed by atoms with Crippen molar-refractivity contribution in [1.82, 2.24) is 15.1 Å². The van der Waals surface area contributed by atoms with Gasteiger partial charge in [0.1, 0.15) is 18.5 Å². The van der Waals surface area contributed by atoms with Crippen molar-refractivity contribution in [3.8, 4) is 11.6 Å². The van der Waals surface area contributed by atoms with Crippen molar-refractivity contribution in [2.45, 2.75) is 25.9 Å². The lowest BCUT2D eigenvalue weighted by Crippen LogP contribution is -2.41. The van der Waals surface area contributed by atoms with E-state index in [2.05, 4.69) is 21.0 Å². The Hall–Kier alpha value is -2.24. The number of ether oxygens (including phenoxy) is 3. The molecule has 0 spiro atoms. The summed E-state index contributed by atoms with van der Waals surface area (Å²) < 4.78 is 18.5. The van der Waals surface area contributed by atoms with Gasteiger partial charge in [-0.15, -0.1) is 29.9 Å². The summed E-state index contributed by atoms with van der Waals surface area (Å²) in [5.41, 5.74) is 2.91. The number of methoxy groups -OCH3 is 1. The van der Waals surface area contributed by atoms with Gasteiger partial charge in [0.2, 0.25) is 5.88 Å². The molecule has 4 rings (SSSR count). The van der Waals surface area contributed by atoms with Gasteiger partial charge in [0.05, 0.1) is 27.9 Å². The zero-order valence-corrected chi connectivity index (χ0v) is 24.8. The number of aromatic nitrogens is 2. The molecule has 3 N–H and O–H groups in total. The molecule has 2 amide bonds. The summed E-state index contributed by atoms with van der Waals surface area (Å²) >= 11 is 12.5. The maximum absolute atomic E-state index is 13.2. The Morgan fingerprint density at radius 2 is 1.92 bits per heavy atom. The first-order chi connectivity index (χ1) is 18.0. The minimum Gasteiger partial charge on any atom is -0.474 e. The number of hydrogen-bond donors (Lipinski definition) is 3. The number of amides is 2. The lowest BCUT2D eigenvalue weighted by molar-refractivity contribution is -0.000938. The van der Waals surface area contributed by atoms with Gasteiger partial charge in [-0.3, -0.25) is 5.32 Å². The van der Waals surface area contributed by atoms with Crippen LogP contribution in [0.1, 0.15) is 17.5 Å². The fourth-order valence-corrected chi connectivity index (χ4v) is 4.34. The maximum Gasteiger partial charge on any atom is 0.324 e. The van der Waals surface area contributed by atoms with Crippen LogP contribution in [0, 0.1) is 6.92 Å². The Labute approximate surface area is 250 Å². The van der Waals surface area contributed by atoms with E-state index in [0.29, 0.717) is 65.8 Å². The van der Waals surface area contributed by atoms with Gasteiger partial charge in [0.25, 0.3) is 0 Å². The highest BCUT2D eigenvalue weighted by Gasteiger charge is 2.22. The van der Waals surface area contributed by atoms with Gasteiger partial charge in [-0.25, -0.2) is 9.48 Å². The van der Waals surface area contributed by atoms with Crippen LogP contribution in [0.4, 0.5) is 16.3 Å². The number of nitrogens with one attached hydrogen (secondary N) is 3. The predicted molar refractivity (Wildman–Crippen MR) is 160 cm³/mol. The van der Waals surface area contributed by atoms with Gasteiger partial charge in [0.15, 0.2) is 0 Å². The number of halogens is 4. The van der Waals surface area contributed by atoms with E-state index >= 15 is 0 Å². The molecule has 1 aromatic heterocycles. The molecule has 39 heavy (non-hydrogen) atoms. The van der Waals surface area contributed by atoms with Gasteiger partial charge < -0.3 is 24.8 Å². The molecule has 0 unspecified atom stereocenters. The molecule has 0 saturated carbocycles. The van der Waals surface area contributed by atoms with Crippen LogP contribution in [0.3, 0.4) is 0 Å². The lowest BCUT2D eigenvalue weighted by atomic mass is 10.1. The number of para-hydroxylation sites is 1. The lowest BCUT2D eigenvalue weighted by Gasteiger charge is -2.23. The number of hydrogen-bond acceptors (Lipinski definition) is 6. The van der Waals surface area contributed by atoms with Crippen LogP contribution >= 0.6 is 48.0 Å². The number of anilines is 2. The first kappa shape index (κ1) is 33.0. The van der Waals surface area contributed by atoms with Crippen molar-refractivity contribution in [2.24, 2.45) is 0 Å². The van der Waals surface area contributed by atoms with Crippen LogP contribution in [-0.4, -0.2) is 61.9 Å². The molecule has 0 radical (unpaired) electrons. The highest BCUT2D eigenvalue weighted by Crippen LogP contribution is 2.31. The average molecular weight is 621 g/mol. The molecule has 1 aliphatic rings. The molecule has 0 aliphatic carbocycles. The van der Waals surface area contributed by atoms with Gasteiger partial charge in [0, 0.05) is 32.5 Å². The Kier molecular flexibility index (Phi) is 13.6. The summed E-state index contributed by atoms with van der Waals surface area (Å²) in [6.45, 7) is 4.97. The van der Waals surface area contributed by atoms with E-state index in [1.54, 1.807) is 23.9 Å². The van der Waals surface area contributed by atoms with Crippen molar-refractivity contribution >= 4 is 65.6 Å². The number of benzene rings is 2. The zero-order valence-electron chi connectivity index (χ0n) is 21.7. The molecular formula is C26H33Cl4N5O4. The van der Waals surface area contributed by atoms with E-state index in [1.807, 2.05) is 37.3 Å². The molecule has 214 valence electrons. The fourth-order valence-electron chi connectivity index (χ4n) is 3.99. The second-order valence-electron chi connectivity index (χ2n) is 8.63. The maximum atomic E-state index is 13.2. The van der Waals surface area contributed by atoms with E-state index in [4.69, 9.17) is 37.4 Å². The Balaban J connectivity index is 0.00000267. The monoisotopic (exact) mass is 619 g/mol. The first-order valence-electron chi connectivity index (χ1n) is 12.1. The number of carbonyl (C=O) groups is 1. The van der Waals surface area contributed by atoms with Crippen molar-refractivity contribution in [1.29, 1.82) is 0 Å². The third kappa shape index (κ3) is 8.88. The van der Waals surface area contributed by atoms with Crippen molar-refractivity contribution < 1.29 is 19.0 Å². The fraction of sp³-hybridized carbons (Fsp3) is 0.385. The second-order valence-corrected chi connectivity index (χ2v) is 9.45. The smallest absolute Gasteiger partial charge is 0.324 e. The number of nitrogens with zero attached hydrogens (tertiary/aromatic N) is 2. The van der Waals surface area contributed by atoms with Crippen LogP contribution < -0.4 is 20.7 Å². The highest BCUT2D eigenvalue weighted by atomic mass is 35.5. The molecule has 1 aliphatic heterocycles. The topological polar surface area (TPSA) is 98.7 Å². The Bertz CT molecular complexity index is 1210. The van der Waals surface area contributed by atoms with Crippen molar-refractivity contribution in [3.63, 3.8) is 0 Å². The third-order valence-electron chi connectivity index (χ3n) is 5.91. The molecule has 13 heteroatoms. The van der Waals surface area contributed by atoms with Crippen LogP contribution in [0.15, 0.2) is 42.5 Å². The normalized spacial score (nSPS) is 14.6. The Morgan fingerprint density at radius 1 is 1.18 bits per heavy atom. The van der Waals surface area contributed by atoms with Crippen LogP contribution in [0.5, 0.6) is 5.88 Å². The number of aryl methyl sites for hydroxylation is 1. The predicted octanol–water partition coefficient (Wildman–Crippen LogP) is 5.92.